The lowest BCUT2D eigenvalue weighted by Crippen LogP contribution is -2.16. The van der Waals surface area contributed by atoms with Crippen molar-refractivity contribution in [2.45, 2.75) is 13.0 Å². The third-order valence-corrected chi connectivity index (χ3v) is 3.82. The third kappa shape index (κ3) is 3.09. The third-order valence-electron chi connectivity index (χ3n) is 3.82. The van der Waals surface area contributed by atoms with E-state index in [9.17, 15) is 5.11 Å². The number of aromatic hydroxyl groups is 1. The number of para-hydroxylation sites is 1. The second kappa shape index (κ2) is 6.02. The lowest BCUT2D eigenvalue weighted by Gasteiger charge is -2.04. The molecule has 1 aromatic heterocycles. The number of fused-ring (bicyclic) bond motifs is 1. The summed E-state index contributed by atoms with van der Waals surface area (Å²) in [4.78, 5) is 0. The van der Waals surface area contributed by atoms with Crippen LogP contribution >= 0.6 is 0 Å². The van der Waals surface area contributed by atoms with Crippen LogP contribution < -0.4 is 5.32 Å². The van der Waals surface area contributed by atoms with E-state index in [1.807, 2.05) is 12.1 Å². The molecule has 0 aliphatic heterocycles. The lowest BCUT2D eigenvalue weighted by atomic mass is 10.1. The summed E-state index contributed by atoms with van der Waals surface area (Å²) in [6, 6.07) is 15.9. The Morgan fingerprint density at radius 1 is 1.05 bits per heavy atom. The van der Waals surface area contributed by atoms with Gasteiger partial charge in [0.05, 0.1) is 0 Å². The molecule has 3 rings (SSSR count). The summed E-state index contributed by atoms with van der Waals surface area (Å²) < 4.78 is 2.17. The van der Waals surface area contributed by atoms with E-state index in [1.165, 1.54) is 22.0 Å². The molecule has 2 aromatic carbocycles. The Kier molecular flexibility index (Phi) is 3.93. The maximum atomic E-state index is 9.26. The summed E-state index contributed by atoms with van der Waals surface area (Å²) in [5, 5.41) is 14.1. The number of aryl methyl sites for hydroxylation is 1. The summed E-state index contributed by atoms with van der Waals surface area (Å²) >= 11 is 0. The summed E-state index contributed by atoms with van der Waals surface area (Å²) in [6.45, 7) is 1.80. The van der Waals surface area contributed by atoms with Crippen LogP contribution in [0.4, 0.5) is 0 Å². The van der Waals surface area contributed by atoms with E-state index in [0.717, 1.165) is 19.5 Å². The molecule has 2 N–H and O–H groups in total. The van der Waals surface area contributed by atoms with Gasteiger partial charge in [-0.15, -0.1) is 0 Å². The smallest absolute Gasteiger partial charge is 0.115 e. The van der Waals surface area contributed by atoms with Crippen molar-refractivity contribution in [2.24, 2.45) is 7.05 Å². The Hall–Kier alpha value is -2.26. The molecule has 0 aliphatic carbocycles. The van der Waals surface area contributed by atoms with Crippen LogP contribution in [0.3, 0.4) is 0 Å². The molecule has 21 heavy (non-hydrogen) atoms. The Balaban J connectivity index is 1.58. The fourth-order valence-electron chi connectivity index (χ4n) is 2.68. The molecule has 0 spiro atoms. The van der Waals surface area contributed by atoms with Crippen molar-refractivity contribution in [1.82, 2.24) is 9.88 Å². The minimum Gasteiger partial charge on any atom is -0.508 e. The standard InChI is InChI=1S/C18H20N2O/c1-20-13-15(17-4-2-3-5-18(17)20)12-19-11-10-14-6-8-16(21)9-7-14/h2-9,13,19,21H,10-12H2,1H3. The zero-order valence-electron chi connectivity index (χ0n) is 12.2. The Labute approximate surface area is 124 Å². The molecule has 0 radical (unpaired) electrons. The van der Waals surface area contributed by atoms with Crippen molar-refractivity contribution in [3.8, 4) is 5.75 Å². The van der Waals surface area contributed by atoms with E-state index in [-0.39, 0.29) is 0 Å². The second-order valence-electron chi connectivity index (χ2n) is 5.38. The van der Waals surface area contributed by atoms with Crippen molar-refractivity contribution in [2.75, 3.05) is 6.54 Å². The van der Waals surface area contributed by atoms with Crippen LogP contribution in [0.25, 0.3) is 10.9 Å². The SMILES string of the molecule is Cn1cc(CNCCc2ccc(O)cc2)c2ccccc21. The maximum Gasteiger partial charge on any atom is 0.115 e. The highest BCUT2D eigenvalue weighted by Crippen LogP contribution is 2.19. The molecule has 1 heterocycles. The zero-order valence-corrected chi connectivity index (χ0v) is 12.2. The molecule has 0 atom stereocenters. The summed E-state index contributed by atoms with van der Waals surface area (Å²) in [5.74, 6) is 0.322. The summed E-state index contributed by atoms with van der Waals surface area (Å²) in [5.41, 5.74) is 3.84. The molecule has 3 nitrogen and oxygen atoms in total. The van der Waals surface area contributed by atoms with Gasteiger partial charge in [0, 0.05) is 30.7 Å². The van der Waals surface area contributed by atoms with Crippen LogP contribution in [0.1, 0.15) is 11.1 Å². The normalized spacial score (nSPS) is 11.1. The van der Waals surface area contributed by atoms with Crippen molar-refractivity contribution in [3.05, 3.63) is 65.9 Å². The average molecular weight is 280 g/mol. The van der Waals surface area contributed by atoms with Crippen molar-refractivity contribution < 1.29 is 5.11 Å². The van der Waals surface area contributed by atoms with Gasteiger partial charge in [-0.25, -0.2) is 0 Å². The van der Waals surface area contributed by atoms with Gasteiger partial charge in [0.15, 0.2) is 0 Å². The fraction of sp³-hybridized carbons (Fsp3) is 0.222. The van der Waals surface area contributed by atoms with E-state index in [0.29, 0.717) is 5.75 Å². The number of phenols is 1. The Bertz CT molecular complexity index is 729. The zero-order chi connectivity index (χ0) is 14.7. The second-order valence-corrected chi connectivity index (χ2v) is 5.38. The number of nitrogens with zero attached hydrogens (tertiary/aromatic N) is 1. The van der Waals surface area contributed by atoms with Gasteiger partial charge in [-0.05, 0) is 42.3 Å². The molecule has 0 bridgehead atoms. The Morgan fingerprint density at radius 2 is 1.81 bits per heavy atom. The first-order valence-electron chi connectivity index (χ1n) is 7.25. The summed E-state index contributed by atoms with van der Waals surface area (Å²) in [6.07, 6.45) is 3.16. The number of rotatable bonds is 5. The quantitative estimate of drug-likeness (QED) is 0.704. The molecule has 3 aromatic rings. The van der Waals surface area contributed by atoms with E-state index in [2.05, 4.69) is 47.4 Å². The molecule has 3 heteroatoms. The monoisotopic (exact) mass is 280 g/mol. The number of nitrogens with one attached hydrogen (secondary N) is 1. The van der Waals surface area contributed by atoms with Gasteiger partial charge in [0.1, 0.15) is 5.75 Å². The van der Waals surface area contributed by atoms with Gasteiger partial charge in [-0.1, -0.05) is 30.3 Å². The highest BCUT2D eigenvalue weighted by molar-refractivity contribution is 5.83. The van der Waals surface area contributed by atoms with Crippen LogP contribution in [0.2, 0.25) is 0 Å². The molecule has 108 valence electrons. The minimum atomic E-state index is 0.322. The molecule has 0 aliphatic rings. The number of aromatic nitrogens is 1. The molecular formula is C18H20N2O. The molecule has 0 saturated heterocycles. The molecule has 0 unspecified atom stereocenters. The van der Waals surface area contributed by atoms with Gasteiger partial charge in [0.2, 0.25) is 0 Å². The van der Waals surface area contributed by atoms with Gasteiger partial charge >= 0.3 is 0 Å². The van der Waals surface area contributed by atoms with Gasteiger partial charge in [0.25, 0.3) is 0 Å². The van der Waals surface area contributed by atoms with Crippen LogP contribution in [0.15, 0.2) is 54.7 Å². The Morgan fingerprint density at radius 3 is 2.62 bits per heavy atom. The lowest BCUT2D eigenvalue weighted by molar-refractivity contribution is 0.475. The highest BCUT2D eigenvalue weighted by atomic mass is 16.3. The fourth-order valence-corrected chi connectivity index (χ4v) is 2.68. The number of hydrogen-bond acceptors (Lipinski definition) is 2. The minimum absolute atomic E-state index is 0.322. The average Bonchev–Trinajstić information content (AvgIpc) is 2.83. The van der Waals surface area contributed by atoms with Crippen LogP contribution in [-0.4, -0.2) is 16.2 Å². The van der Waals surface area contributed by atoms with Gasteiger partial charge in [-0.3, -0.25) is 0 Å². The maximum absolute atomic E-state index is 9.26. The molecular weight excluding hydrogens is 260 g/mol. The summed E-state index contributed by atoms with van der Waals surface area (Å²) in [7, 11) is 2.09. The topological polar surface area (TPSA) is 37.2 Å². The molecule has 0 fully saturated rings. The molecule has 0 amide bonds. The molecule has 0 saturated carbocycles. The van der Waals surface area contributed by atoms with E-state index in [1.54, 1.807) is 12.1 Å². The van der Waals surface area contributed by atoms with Gasteiger partial charge in [-0.2, -0.15) is 0 Å². The number of hydrogen-bond donors (Lipinski definition) is 2. The van der Waals surface area contributed by atoms with Crippen molar-refractivity contribution in [1.29, 1.82) is 0 Å². The first-order valence-corrected chi connectivity index (χ1v) is 7.25. The highest BCUT2D eigenvalue weighted by Gasteiger charge is 2.04. The first-order chi connectivity index (χ1) is 10.2. The number of benzene rings is 2. The van der Waals surface area contributed by atoms with Crippen molar-refractivity contribution in [3.63, 3.8) is 0 Å². The van der Waals surface area contributed by atoms with Gasteiger partial charge < -0.3 is 15.0 Å². The number of phenolic OH excluding ortho intramolecular Hbond substituents is 1. The van der Waals surface area contributed by atoms with Crippen molar-refractivity contribution >= 4 is 10.9 Å². The predicted octanol–water partition coefficient (Wildman–Crippen LogP) is 3.22. The van der Waals surface area contributed by atoms with E-state index in [4.69, 9.17) is 0 Å². The largest absolute Gasteiger partial charge is 0.508 e. The van der Waals surface area contributed by atoms with E-state index >= 15 is 0 Å². The first kappa shape index (κ1) is 13.7. The van der Waals surface area contributed by atoms with Crippen LogP contribution in [0, 0.1) is 0 Å². The van der Waals surface area contributed by atoms with Crippen LogP contribution in [-0.2, 0) is 20.0 Å². The van der Waals surface area contributed by atoms with Crippen LogP contribution in [0.5, 0.6) is 5.75 Å². The van der Waals surface area contributed by atoms with E-state index < -0.39 is 0 Å². The predicted molar refractivity (Wildman–Crippen MR) is 86.4 cm³/mol.